The van der Waals surface area contributed by atoms with E-state index < -0.39 is 10.0 Å². The smallest absolute Gasteiger partial charge is 0.242 e. The van der Waals surface area contributed by atoms with E-state index in [4.69, 9.17) is 9.72 Å². The van der Waals surface area contributed by atoms with E-state index in [2.05, 4.69) is 27.0 Å². The summed E-state index contributed by atoms with van der Waals surface area (Å²) >= 11 is 3.15. The summed E-state index contributed by atoms with van der Waals surface area (Å²) in [5, 5.41) is 12.3. The van der Waals surface area contributed by atoms with Crippen molar-refractivity contribution in [3.8, 4) is 0 Å². The molecule has 1 N–H and O–H groups in total. The van der Waals surface area contributed by atoms with Crippen LogP contribution in [0.3, 0.4) is 0 Å². The molecule has 9 nitrogen and oxygen atoms in total. The molecule has 0 aliphatic heterocycles. The molecule has 0 bridgehead atoms. The van der Waals surface area contributed by atoms with Crippen LogP contribution in [0.25, 0.3) is 11.0 Å². The number of hydrogen-bond acceptors (Lipinski definition) is 9. The fourth-order valence-electron chi connectivity index (χ4n) is 2.90. The molecule has 0 atom stereocenters. The van der Waals surface area contributed by atoms with Gasteiger partial charge in [-0.3, -0.25) is 0 Å². The second kappa shape index (κ2) is 10.1. The van der Waals surface area contributed by atoms with Crippen LogP contribution in [0.2, 0.25) is 0 Å². The molecule has 2 aromatic heterocycles. The number of aromatic nitrogens is 4. The number of imidazole rings is 1. The standard InChI is InChI=1S/C18H26N6O3S3/c1-5-24-15-7-6-13(30(25,26)23(2)3)12-14(15)20-16(24)8-11-28-18-22-21-17(29-18)19-9-10-27-4/h6-7,12H,5,8-11H2,1-4H3,(H,19,21). The van der Waals surface area contributed by atoms with Crippen LogP contribution in [0.1, 0.15) is 12.7 Å². The van der Waals surface area contributed by atoms with Gasteiger partial charge in [0, 0.05) is 46.5 Å². The molecule has 2 heterocycles. The SMILES string of the molecule is CCn1c(CCSc2nnc(NCCOC)s2)nc2cc(S(=O)(=O)N(C)C)ccc21. The lowest BCUT2D eigenvalue weighted by atomic mass is 10.3. The summed E-state index contributed by atoms with van der Waals surface area (Å²) in [5.74, 6) is 1.74. The Kier molecular flexibility index (Phi) is 7.69. The van der Waals surface area contributed by atoms with E-state index in [-0.39, 0.29) is 4.90 Å². The van der Waals surface area contributed by atoms with Crippen molar-refractivity contribution in [2.75, 3.05) is 45.4 Å². The van der Waals surface area contributed by atoms with Gasteiger partial charge >= 0.3 is 0 Å². The van der Waals surface area contributed by atoms with Gasteiger partial charge in [-0.15, -0.1) is 10.2 Å². The molecule has 0 saturated heterocycles. The van der Waals surface area contributed by atoms with E-state index in [1.807, 2.05) is 6.07 Å². The van der Waals surface area contributed by atoms with Crippen LogP contribution in [0.4, 0.5) is 5.13 Å². The van der Waals surface area contributed by atoms with Crippen molar-refractivity contribution in [3.05, 3.63) is 24.0 Å². The monoisotopic (exact) mass is 470 g/mol. The Bertz CT molecular complexity index is 1090. The number of ether oxygens (including phenoxy) is 1. The quantitative estimate of drug-likeness (QED) is 0.337. The van der Waals surface area contributed by atoms with Crippen molar-refractivity contribution < 1.29 is 13.2 Å². The van der Waals surface area contributed by atoms with Crippen molar-refractivity contribution in [1.82, 2.24) is 24.1 Å². The summed E-state index contributed by atoms with van der Waals surface area (Å²) < 4.78 is 34.1. The molecule has 3 rings (SSSR count). The van der Waals surface area contributed by atoms with Crippen LogP contribution >= 0.6 is 23.1 Å². The minimum atomic E-state index is -3.49. The van der Waals surface area contributed by atoms with Crippen LogP contribution in [0.5, 0.6) is 0 Å². The molecular formula is C18H26N6O3S3. The van der Waals surface area contributed by atoms with Gasteiger partial charge in [-0.1, -0.05) is 23.1 Å². The van der Waals surface area contributed by atoms with Crippen LogP contribution in [-0.2, 0) is 27.7 Å². The van der Waals surface area contributed by atoms with Crippen LogP contribution in [0.15, 0.2) is 27.4 Å². The van der Waals surface area contributed by atoms with E-state index in [0.29, 0.717) is 18.7 Å². The number of benzene rings is 1. The van der Waals surface area contributed by atoms with Gasteiger partial charge in [0.1, 0.15) is 5.82 Å². The van der Waals surface area contributed by atoms with E-state index in [0.717, 1.165) is 39.5 Å². The zero-order valence-corrected chi connectivity index (χ0v) is 19.9. The first-order valence-corrected chi connectivity index (χ1v) is 12.7. The fraction of sp³-hybridized carbons (Fsp3) is 0.500. The summed E-state index contributed by atoms with van der Waals surface area (Å²) in [7, 11) is 1.23. The molecule has 0 radical (unpaired) electrons. The van der Waals surface area contributed by atoms with Crippen molar-refractivity contribution in [1.29, 1.82) is 0 Å². The molecule has 0 unspecified atom stereocenters. The summed E-state index contributed by atoms with van der Waals surface area (Å²) in [6.45, 7) is 4.14. The lowest BCUT2D eigenvalue weighted by molar-refractivity contribution is 0.211. The van der Waals surface area contributed by atoms with Crippen molar-refractivity contribution in [2.45, 2.75) is 29.1 Å². The van der Waals surface area contributed by atoms with E-state index in [1.165, 1.54) is 29.7 Å². The molecule has 0 saturated carbocycles. The number of methoxy groups -OCH3 is 1. The number of nitrogens with one attached hydrogen (secondary N) is 1. The summed E-state index contributed by atoms with van der Waals surface area (Å²) in [5.41, 5.74) is 1.64. The van der Waals surface area contributed by atoms with E-state index in [1.54, 1.807) is 31.0 Å². The molecule has 0 fully saturated rings. The Labute approximate surface area is 184 Å². The van der Waals surface area contributed by atoms with Crippen LogP contribution in [-0.4, -0.2) is 72.6 Å². The number of nitrogens with zero attached hydrogens (tertiary/aromatic N) is 5. The van der Waals surface area contributed by atoms with Crippen molar-refractivity contribution >= 4 is 49.3 Å². The first kappa shape index (κ1) is 22.9. The molecule has 0 aliphatic rings. The fourth-order valence-corrected chi connectivity index (χ4v) is 5.61. The molecule has 12 heteroatoms. The van der Waals surface area contributed by atoms with Gasteiger partial charge in [0.15, 0.2) is 4.34 Å². The van der Waals surface area contributed by atoms with Gasteiger partial charge in [-0.05, 0) is 25.1 Å². The summed E-state index contributed by atoms with van der Waals surface area (Å²) in [6.07, 6.45) is 0.745. The predicted octanol–water partition coefficient (Wildman–Crippen LogP) is 2.55. The largest absolute Gasteiger partial charge is 0.383 e. The van der Waals surface area contributed by atoms with Crippen LogP contribution in [0, 0.1) is 0 Å². The van der Waals surface area contributed by atoms with Gasteiger partial charge in [0.25, 0.3) is 0 Å². The number of thioether (sulfide) groups is 1. The Morgan fingerprint density at radius 3 is 2.80 bits per heavy atom. The van der Waals surface area contributed by atoms with Gasteiger partial charge in [0.05, 0.1) is 22.5 Å². The number of rotatable bonds is 11. The number of hydrogen-bond donors (Lipinski definition) is 1. The maximum Gasteiger partial charge on any atom is 0.242 e. The van der Waals surface area contributed by atoms with E-state index >= 15 is 0 Å². The molecule has 3 aromatic rings. The Balaban J connectivity index is 1.70. The Hall–Kier alpha value is -1.73. The predicted molar refractivity (Wildman–Crippen MR) is 121 cm³/mol. The van der Waals surface area contributed by atoms with E-state index in [9.17, 15) is 8.42 Å². The number of anilines is 1. The van der Waals surface area contributed by atoms with Crippen molar-refractivity contribution in [3.63, 3.8) is 0 Å². The Morgan fingerprint density at radius 1 is 1.30 bits per heavy atom. The highest BCUT2D eigenvalue weighted by atomic mass is 32.2. The summed E-state index contributed by atoms with van der Waals surface area (Å²) in [4.78, 5) is 4.96. The molecular weight excluding hydrogens is 444 g/mol. The number of aryl methyl sites for hydroxylation is 2. The van der Waals surface area contributed by atoms with Crippen LogP contribution < -0.4 is 5.32 Å². The molecule has 0 amide bonds. The second-order valence-corrected chi connectivity index (χ2v) is 11.1. The minimum Gasteiger partial charge on any atom is -0.383 e. The Morgan fingerprint density at radius 2 is 2.10 bits per heavy atom. The lowest BCUT2D eigenvalue weighted by Crippen LogP contribution is -2.22. The third kappa shape index (κ3) is 5.11. The van der Waals surface area contributed by atoms with Gasteiger partial charge < -0.3 is 14.6 Å². The minimum absolute atomic E-state index is 0.254. The molecule has 1 aromatic carbocycles. The zero-order valence-electron chi connectivity index (χ0n) is 17.5. The highest BCUT2D eigenvalue weighted by Gasteiger charge is 2.19. The van der Waals surface area contributed by atoms with Gasteiger partial charge in [0.2, 0.25) is 15.2 Å². The highest BCUT2D eigenvalue weighted by molar-refractivity contribution is 8.01. The normalized spacial score (nSPS) is 12.2. The topological polar surface area (TPSA) is 102 Å². The third-order valence-electron chi connectivity index (χ3n) is 4.43. The summed E-state index contributed by atoms with van der Waals surface area (Å²) in [6, 6.07) is 5.13. The lowest BCUT2D eigenvalue weighted by Gasteiger charge is -2.11. The molecule has 30 heavy (non-hydrogen) atoms. The molecule has 164 valence electrons. The second-order valence-electron chi connectivity index (χ2n) is 6.60. The number of fused-ring (bicyclic) bond motifs is 1. The average Bonchev–Trinajstić information content (AvgIpc) is 3.31. The van der Waals surface area contributed by atoms with Crippen molar-refractivity contribution in [2.24, 2.45) is 0 Å². The zero-order chi connectivity index (χ0) is 21.7. The van der Waals surface area contributed by atoms with Gasteiger partial charge in [-0.2, -0.15) is 0 Å². The first-order valence-electron chi connectivity index (χ1n) is 9.47. The molecule has 0 aliphatic carbocycles. The third-order valence-corrected chi connectivity index (χ3v) is 8.26. The maximum absolute atomic E-state index is 12.4. The number of sulfonamides is 1. The maximum atomic E-state index is 12.4. The molecule has 0 spiro atoms. The van der Waals surface area contributed by atoms with Gasteiger partial charge in [-0.25, -0.2) is 17.7 Å². The first-order chi connectivity index (χ1) is 14.4. The average molecular weight is 471 g/mol. The highest BCUT2D eigenvalue weighted by Crippen LogP contribution is 2.27.